The van der Waals surface area contributed by atoms with E-state index < -0.39 is 17.8 Å². The normalized spacial score (nSPS) is 14.9. The fourth-order valence-electron chi connectivity index (χ4n) is 2.34. The van der Waals surface area contributed by atoms with Crippen LogP contribution in [0.4, 0.5) is 4.79 Å². The Labute approximate surface area is 154 Å². The Kier molecular flexibility index (Phi) is 4.85. The van der Waals surface area contributed by atoms with E-state index in [9.17, 15) is 14.4 Å². The standard InChI is InChI=1S/C18H16N2O5S/c1-19-16(21)14(17(22)20(2)18(19)23)10-12-6-9-15(25-12)26-13-7-4-11(24-3)5-8-13/h4-10H,1-3H3. The summed E-state index contributed by atoms with van der Waals surface area (Å²) in [6.07, 6.45) is 1.35. The topological polar surface area (TPSA) is 80.1 Å². The molecular weight excluding hydrogens is 356 g/mol. The number of benzene rings is 1. The molecule has 0 N–H and O–H groups in total. The zero-order valence-corrected chi connectivity index (χ0v) is 15.2. The number of amides is 4. The number of carbonyl (C=O) groups excluding carboxylic acids is 3. The molecule has 26 heavy (non-hydrogen) atoms. The second-order valence-electron chi connectivity index (χ2n) is 5.50. The fourth-order valence-corrected chi connectivity index (χ4v) is 3.12. The number of hydrogen-bond acceptors (Lipinski definition) is 6. The van der Waals surface area contributed by atoms with Crippen molar-refractivity contribution >= 4 is 35.7 Å². The first-order valence-corrected chi connectivity index (χ1v) is 8.46. The minimum absolute atomic E-state index is 0.120. The quantitative estimate of drug-likeness (QED) is 0.606. The van der Waals surface area contributed by atoms with Crippen molar-refractivity contribution in [3.05, 3.63) is 47.7 Å². The van der Waals surface area contributed by atoms with Crippen LogP contribution in [-0.4, -0.2) is 48.9 Å². The minimum atomic E-state index is -0.660. The summed E-state index contributed by atoms with van der Waals surface area (Å²) in [7, 11) is 4.26. The first-order chi connectivity index (χ1) is 12.4. The number of hydrogen-bond donors (Lipinski definition) is 0. The third kappa shape index (κ3) is 3.36. The first-order valence-electron chi connectivity index (χ1n) is 7.64. The predicted molar refractivity (Wildman–Crippen MR) is 94.7 cm³/mol. The van der Waals surface area contributed by atoms with Crippen LogP contribution in [0.15, 0.2) is 56.4 Å². The van der Waals surface area contributed by atoms with Gasteiger partial charge in [-0.2, -0.15) is 0 Å². The molecule has 1 fully saturated rings. The van der Waals surface area contributed by atoms with E-state index in [0.717, 1.165) is 20.4 Å². The van der Waals surface area contributed by atoms with Crippen molar-refractivity contribution in [2.75, 3.05) is 21.2 Å². The molecule has 0 atom stereocenters. The highest BCUT2D eigenvalue weighted by atomic mass is 32.2. The van der Waals surface area contributed by atoms with Gasteiger partial charge < -0.3 is 9.15 Å². The molecule has 7 nitrogen and oxygen atoms in total. The second-order valence-corrected chi connectivity index (χ2v) is 6.58. The smallest absolute Gasteiger partial charge is 0.333 e. The molecule has 0 saturated carbocycles. The van der Waals surface area contributed by atoms with Crippen LogP contribution in [0.25, 0.3) is 6.08 Å². The van der Waals surface area contributed by atoms with E-state index in [0.29, 0.717) is 10.9 Å². The number of nitrogens with zero attached hydrogens (tertiary/aromatic N) is 2. The van der Waals surface area contributed by atoms with Crippen molar-refractivity contribution in [2.45, 2.75) is 9.99 Å². The summed E-state index contributed by atoms with van der Waals surface area (Å²) in [4.78, 5) is 38.9. The second kappa shape index (κ2) is 7.09. The Morgan fingerprint density at radius 3 is 2.15 bits per heavy atom. The van der Waals surface area contributed by atoms with Gasteiger partial charge in [-0.05, 0) is 42.5 Å². The molecule has 1 aliphatic heterocycles. The molecule has 8 heteroatoms. The molecular formula is C18H16N2O5S. The van der Waals surface area contributed by atoms with Crippen LogP contribution < -0.4 is 4.74 Å². The lowest BCUT2D eigenvalue weighted by molar-refractivity contribution is -0.134. The number of imide groups is 2. The molecule has 2 heterocycles. The number of furan rings is 1. The lowest BCUT2D eigenvalue weighted by Crippen LogP contribution is -2.52. The van der Waals surface area contributed by atoms with Crippen LogP contribution in [0.2, 0.25) is 0 Å². The van der Waals surface area contributed by atoms with E-state index in [2.05, 4.69) is 0 Å². The summed E-state index contributed by atoms with van der Waals surface area (Å²) in [6.45, 7) is 0. The Bertz CT molecular complexity index is 875. The molecule has 1 aromatic carbocycles. The molecule has 3 rings (SSSR count). The highest BCUT2D eigenvalue weighted by molar-refractivity contribution is 7.99. The zero-order valence-electron chi connectivity index (χ0n) is 14.4. The maximum Gasteiger partial charge on any atom is 0.333 e. The zero-order chi connectivity index (χ0) is 18.8. The maximum absolute atomic E-state index is 12.2. The van der Waals surface area contributed by atoms with Crippen molar-refractivity contribution in [1.82, 2.24) is 9.80 Å². The van der Waals surface area contributed by atoms with Gasteiger partial charge in [-0.15, -0.1) is 0 Å². The third-order valence-electron chi connectivity index (χ3n) is 3.81. The average molecular weight is 372 g/mol. The summed E-state index contributed by atoms with van der Waals surface area (Å²) in [6, 6.07) is 10.2. The predicted octanol–water partition coefficient (Wildman–Crippen LogP) is 2.87. The first kappa shape index (κ1) is 17.8. The molecule has 0 spiro atoms. The van der Waals surface area contributed by atoms with Gasteiger partial charge in [0.1, 0.15) is 17.1 Å². The minimum Gasteiger partial charge on any atom is -0.497 e. The van der Waals surface area contributed by atoms with Gasteiger partial charge in [0, 0.05) is 19.0 Å². The molecule has 0 radical (unpaired) electrons. The fraction of sp³-hybridized carbons (Fsp3) is 0.167. The lowest BCUT2D eigenvalue weighted by atomic mass is 10.1. The van der Waals surface area contributed by atoms with Crippen LogP contribution in [0.1, 0.15) is 5.76 Å². The van der Waals surface area contributed by atoms with Crippen molar-refractivity contribution < 1.29 is 23.5 Å². The molecule has 0 unspecified atom stereocenters. The van der Waals surface area contributed by atoms with Gasteiger partial charge in [0.25, 0.3) is 11.8 Å². The largest absolute Gasteiger partial charge is 0.497 e. The Morgan fingerprint density at radius 1 is 0.962 bits per heavy atom. The number of rotatable bonds is 4. The van der Waals surface area contributed by atoms with Crippen LogP contribution in [0, 0.1) is 0 Å². The Balaban J connectivity index is 1.80. The van der Waals surface area contributed by atoms with Crippen LogP contribution in [-0.2, 0) is 9.59 Å². The summed E-state index contributed by atoms with van der Waals surface area (Å²) < 4.78 is 10.8. The van der Waals surface area contributed by atoms with Crippen molar-refractivity contribution in [3.63, 3.8) is 0 Å². The molecule has 4 amide bonds. The van der Waals surface area contributed by atoms with Crippen molar-refractivity contribution in [3.8, 4) is 5.75 Å². The highest BCUT2D eigenvalue weighted by Crippen LogP contribution is 2.31. The number of methoxy groups -OCH3 is 1. The van der Waals surface area contributed by atoms with Gasteiger partial charge in [0.2, 0.25) is 0 Å². The Hall–Kier alpha value is -3.00. The Morgan fingerprint density at radius 2 is 1.58 bits per heavy atom. The molecule has 2 aromatic rings. The number of carbonyl (C=O) groups is 3. The van der Waals surface area contributed by atoms with Crippen molar-refractivity contribution in [1.29, 1.82) is 0 Å². The van der Waals surface area contributed by atoms with Crippen LogP contribution in [0.3, 0.4) is 0 Å². The number of ether oxygens (including phenoxy) is 1. The molecule has 0 aliphatic carbocycles. The van der Waals surface area contributed by atoms with Gasteiger partial charge >= 0.3 is 6.03 Å². The van der Waals surface area contributed by atoms with Gasteiger partial charge in [-0.25, -0.2) is 4.79 Å². The SMILES string of the molecule is COc1ccc(Sc2ccc(C=C3C(=O)N(C)C(=O)N(C)C3=O)o2)cc1. The maximum atomic E-state index is 12.2. The van der Waals surface area contributed by atoms with E-state index in [1.165, 1.54) is 31.9 Å². The number of barbiturate groups is 1. The highest BCUT2D eigenvalue weighted by Gasteiger charge is 2.38. The summed E-state index contributed by atoms with van der Waals surface area (Å²) >= 11 is 1.40. The van der Waals surface area contributed by atoms with Gasteiger partial charge in [0.15, 0.2) is 5.09 Å². The number of likely N-dealkylation sites (N-methyl/N-ethyl adjacent to an activating group) is 2. The van der Waals surface area contributed by atoms with Crippen molar-refractivity contribution in [2.24, 2.45) is 0 Å². The summed E-state index contributed by atoms with van der Waals surface area (Å²) in [5.41, 5.74) is -0.120. The summed E-state index contributed by atoms with van der Waals surface area (Å²) in [5.74, 6) is -0.192. The monoisotopic (exact) mass is 372 g/mol. The molecule has 1 aromatic heterocycles. The molecule has 1 saturated heterocycles. The molecule has 1 aliphatic rings. The van der Waals surface area contributed by atoms with E-state index in [1.54, 1.807) is 19.2 Å². The lowest BCUT2D eigenvalue weighted by Gasteiger charge is -2.28. The van der Waals surface area contributed by atoms with Gasteiger partial charge in [-0.3, -0.25) is 19.4 Å². The average Bonchev–Trinajstić information content (AvgIpc) is 3.09. The van der Waals surface area contributed by atoms with E-state index in [4.69, 9.17) is 9.15 Å². The van der Waals surface area contributed by atoms with E-state index in [-0.39, 0.29) is 5.57 Å². The molecule has 0 bridgehead atoms. The van der Waals surface area contributed by atoms with Crippen LogP contribution in [0.5, 0.6) is 5.75 Å². The summed E-state index contributed by atoms with van der Waals surface area (Å²) in [5, 5.41) is 0.607. The van der Waals surface area contributed by atoms with E-state index in [1.807, 2.05) is 24.3 Å². The van der Waals surface area contributed by atoms with E-state index >= 15 is 0 Å². The van der Waals surface area contributed by atoms with Gasteiger partial charge in [-0.1, -0.05) is 11.8 Å². The third-order valence-corrected chi connectivity index (χ3v) is 4.74. The molecule has 134 valence electrons. The number of urea groups is 1. The van der Waals surface area contributed by atoms with Crippen LogP contribution >= 0.6 is 11.8 Å². The van der Waals surface area contributed by atoms with Gasteiger partial charge in [0.05, 0.1) is 7.11 Å².